The molecule has 24 heavy (non-hydrogen) atoms. The van der Waals surface area contributed by atoms with Gasteiger partial charge in [-0.05, 0) is 86.4 Å². The predicted molar refractivity (Wildman–Crippen MR) is 96.4 cm³/mol. The Labute approximate surface area is 147 Å². The van der Waals surface area contributed by atoms with E-state index in [2.05, 4.69) is 27.4 Å². The van der Waals surface area contributed by atoms with Crippen LogP contribution in [0.15, 0.2) is 12.2 Å². The van der Waals surface area contributed by atoms with E-state index in [0.717, 1.165) is 25.7 Å². The van der Waals surface area contributed by atoms with Crippen molar-refractivity contribution < 1.29 is 9.90 Å². The zero-order valence-electron chi connectivity index (χ0n) is 15.7. The molecule has 0 aromatic rings. The number of aliphatic hydroxyl groups is 1. The quantitative estimate of drug-likeness (QED) is 0.704. The maximum absolute atomic E-state index is 13.4. The molecule has 2 heteroatoms. The molecule has 134 valence electrons. The minimum Gasteiger partial charge on any atom is -0.393 e. The second kappa shape index (κ2) is 5.43. The van der Waals surface area contributed by atoms with E-state index >= 15 is 0 Å². The van der Waals surface area contributed by atoms with Crippen LogP contribution >= 0.6 is 0 Å². The van der Waals surface area contributed by atoms with Crippen LogP contribution in [0.2, 0.25) is 0 Å². The molecule has 4 rings (SSSR count). The summed E-state index contributed by atoms with van der Waals surface area (Å²) in [6.07, 6.45) is 8.41. The van der Waals surface area contributed by atoms with Gasteiger partial charge in [-0.25, -0.2) is 0 Å². The number of fused-ring (bicyclic) bond motifs is 5. The van der Waals surface area contributed by atoms with Crippen LogP contribution in [0, 0.1) is 40.4 Å². The van der Waals surface area contributed by atoms with E-state index < -0.39 is 0 Å². The summed E-state index contributed by atoms with van der Waals surface area (Å²) in [6.45, 7) is 11.2. The zero-order valence-corrected chi connectivity index (χ0v) is 15.7. The number of ketones is 1. The first kappa shape index (κ1) is 16.8. The number of hydrogen-bond acceptors (Lipinski definition) is 2. The van der Waals surface area contributed by atoms with Gasteiger partial charge in [-0.2, -0.15) is 0 Å². The van der Waals surface area contributed by atoms with Gasteiger partial charge in [0.05, 0.1) is 6.10 Å². The van der Waals surface area contributed by atoms with Crippen molar-refractivity contribution in [3.8, 4) is 0 Å². The third kappa shape index (κ3) is 2.14. The van der Waals surface area contributed by atoms with Gasteiger partial charge in [-0.1, -0.05) is 26.0 Å². The lowest BCUT2D eigenvalue weighted by Gasteiger charge is -2.60. The normalized spacial score (nSPS) is 53.9. The minimum absolute atomic E-state index is 0.136. The Bertz CT molecular complexity index is 566. The fourth-order valence-corrected chi connectivity index (χ4v) is 7.86. The number of hydrogen-bond donors (Lipinski definition) is 1. The van der Waals surface area contributed by atoms with Crippen molar-refractivity contribution in [2.24, 2.45) is 40.4 Å². The average Bonchev–Trinajstić information content (AvgIpc) is 2.84. The molecule has 0 amide bonds. The first-order valence-electron chi connectivity index (χ1n) is 10.1. The molecule has 7 unspecified atom stereocenters. The molecule has 0 aromatic heterocycles. The van der Waals surface area contributed by atoms with Crippen LogP contribution in [0.25, 0.3) is 0 Å². The summed E-state index contributed by atoms with van der Waals surface area (Å²) in [4.78, 5) is 13.4. The minimum atomic E-state index is -0.136. The molecule has 0 bridgehead atoms. The average molecular weight is 331 g/mol. The predicted octanol–water partition coefficient (Wildman–Crippen LogP) is 4.76. The first-order chi connectivity index (χ1) is 11.3. The summed E-state index contributed by atoms with van der Waals surface area (Å²) in [5.74, 6) is 3.16. The van der Waals surface area contributed by atoms with Gasteiger partial charge in [0, 0.05) is 12.3 Å². The van der Waals surface area contributed by atoms with Gasteiger partial charge in [0.15, 0.2) is 0 Å². The van der Waals surface area contributed by atoms with Gasteiger partial charge in [0.2, 0.25) is 0 Å². The third-order valence-electron chi connectivity index (χ3n) is 8.92. The molecule has 0 radical (unpaired) electrons. The lowest BCUT2D eigenvalue weighted by molar-refractivity contribution is -0.160. The molecule has 1 N–H and O–H groups in total. The van der Waals surface area contributed by atoms with Crippen molar-refractivity contribution in [3.05, 3.63) is 12.2 Å². The van der Waals surface area contributed by atoms with Gasteiger partial charge in [0.1, 0.15) is 5.78 Å². The van der Waals surface area contributed by atoms with Crippen molar-refractivity contribution >= 4 is 5.78 Å². The highest BCUT2D eigenvalue weighted by molar-refractivity contribution is 5.84. The molecule has 0 heterocycles. The Morgan fingerprint density at radius 3 is 2.58 bits per heavy atom. The Hall–Kier alpha value is -0.630. The van der Waals surface area contributed by atoms with Crippen LogP contribution in [0.4, 0.5) is 0 Å². The number of rotatable bonds is 1. The lowest BCUT2D eigenvalue weighted by Crippen LogP contribution is -2.57. The zero-order chi connectivity index (χ0) is 17.3. The van der Waals surface area contributed by atoms with Gasteiger partial charge in [-0.3, -0.25) is 4.79 Å². The van der Waals surface area contributed by atoms with E-state index in [1.54, 1.807) is 0 Å². The smallest absolute Gasteiger partial charge is 0.137 e. The molecule has 8 atom stereocenters. The SMILES string of the molecule is C=C(C)[C@H]1CCC2C3CCC4CC(O)CCC4(C)C3C(=O)CC21C. The van der Waals surface area contributed by atoms with Crippen molar-refractivity contribution in [2.45, 2.75) is 78.2 Å². The Morgan fingerprint density at radius 2 is 1.88 bits per heavy atom. The number of aliphatic hydroxyl groups excluding tert-OH is 1. The summed E-state index contributed by atoms with van der Waals surface area (Å²) < 4.78 is 0. The van der Waals surface area contributed by atoms with Crippen LogP contribution in [0.3, 0.4) is 0 Å². The van der Waals surface area contributed by atoms with Crippen molar-refractivity contribution in [2.75, 3.05) is 0 Å². The Balaban J connectivity index is 1.68. The van der Waals surface area contributed by atoms with Gasteiger partial charge >= 0.3 is 0 Å². The van der Waals surface area contributed by atoms with Crippen LogP contribution in [-0.4, -0.2) is 17.0 Å². The number of allylic oxidation sites excluding steroid dienone is 1. The van der Waals surface area contributed by atoms with E-state index in [-0.39, 0.29) is 22.9 Å². The summed E-state index contributed by atoms with van der Waals surface area (Å²) in [7, 11) is 0. The molecule has 4 aliphatic carbocycles. The maximum atomic E-state index is 13.4. The largest absolute Gasteiger partial charge is 0.393 e. The van der Waals surface area contributed by atoms with Crippen LogP contribution in [-0.2, 0) is 4.79 Å². The molecule has 0 spiro atoms. The standard InChI is InChI=1S/C22H34O2/c1-13(2)17-7-8-18-16-6-5-14-11-15(23)9-10-21(14,3)20(16)19(24)12-22(17,18)4/h14-18,20,23H,1,5-12H2,2-4H3/t14?,15?,16?,17-,18?,20?,21?,22?/m1/s1. The van der Waals surface area contributed by atoms with E-state index in [0.29, 0.717) is 29.5 Å². The van der Waals surface area contributed by atoms with Gasteiger partial charge in [-0.15, -0.1) is 0 Å². The molecular weight excluding hydrogens is 296 g/mol. The molecular formula is C22H34O2. The van der Waals surface area contributed by atoms with Crippen LogP contribution in [0.5, 0.6) is 0 Å². The highest BCUT2D eigenvalue weighted by Gasteiger charge is 2.63. The summed E-state index contributed by atoms with van der Waals surface area (Å²) >= 11 is 0. The molecule has 4 aliphatic rings. The second-order valence-electron chi connectivity index (χ2n) is 10.1. The Kier molecular flexibility index (Phi) is 3.81. The topological polar surface area (TPSA) is 37.3 Å². The van der Waals surface area contributed by atoms with E-state index in [1.807, 2.05) is 0 Å². The van der Waals surface area contributed by atoms with E-state index in [9.17, 15) is 9.90 Å². The summed E-state index contributed by atoms with van der Waals surface area (Å²) in [5.41, 5.74) is 1.58. The van der Waals surface area contributed by atoms with E-state index in [4.69, 9.17) is 0 Å². The van der Waals surface area contributed by atoms with Crippen molar-refractivity contribution in [3.63, 3.8) is 0 Å². The van der Waals surface area contributed by atoms with Crippen molar-refractivity contribution in [1.82, 2.24) is 0 Å². The van der Waals surface area contributed by atoms with Crippen LogP contribution < -0.4 is 0 Å². The monoisotopic (exact) mass is 330 g/mol. The Morgan fingerprint density at radius 1 is 1.12 bits per heavy atom. The number of carbonyl (C=O) groups excluding carboxylic acids is 1. The maximum Gasteiger partial charge on any atom is 0.137 e. The molecule has 4 fully saturated rings. The number of Topliss-reactive ketones (excluding diaryl/α,β-unsaturated/α-hetero) is 1. The van der Waals surface area contributed by atoms with Gasteiger partial charge in [0.25, 0.3) is 0 Å². The van der Waals surface area contributed by atoms with Crippen LogP contribution in [0.1, 0.15) is 72.1 Å². The molecule has 0 aromatic carbocycles. The molecule has 4 saturated carbocycles. The lowest BCUT2D eigenvalue weighted by atomic mass is 9.44. The first-order valence-corrected chi connectivity index (χ1v) is 10.1. The highest BCUT2D eigenvalue weighted by atomic mass is 16.3. The molecule has 0 aliphatic heterocycles. The number of carbonyl (C=O) groups is 1. The second-order valence-corrected chi connectivity index (χ2v) is 10.1. The summed E-state index contributed by atoms with van der Waals surface area (Å²) in [6, 6.07) is 0. The fraction of sp³-hybridized carbons (Fsp3) is 0.864. The van der Waals surface area contributed by atoms with Gasteiger partial charge < -0.3 is 5.11 Å². The summed E-state index contributed by atoms with van der Waals surface area (Å²) in [5, 5.41) is 10.1. The van der Waals surface area contributed by atoms with Crippen molar-refractivity contribution in [1.29, 1.82) is 0 Å². The molecule has 2 nitrogen and oxygen atoms in total. The fourth-order valence-electron chi connectivity index (χ4n) is 7.86. The molecule has 0 saturated heterocycles. The third-order valence-corrected chi connectivity index (χ3v) is 8.92. The van der Waals surface area contributed by atoms with E-state index in [1.165, 1.54) is 31.3 Å². The highest BCUT2D eigenvalue weighted by Crippen LogP contribution is 2.67.